The Morgan fingerprint density at radius 2 is 1.93 bits per heavy atom. The van der Waals surface area contributed by atoms with E-state index >= 15 is 0 Å². The Labute approximate surface area is 93.6 Å². The monoisotopic (exact) mass is 221 g/mol. The molecule has 0 N–H and O–H groups in total. The Kier molecular flexibility index (Phi) is 2.27. The summed E-state index contributed by atoms with van der Waals surface area (Å²) in [5.74, 6) is 0.847. The summed E-state index contributed by atoms with van der Waals surface area (Å²) >= 11 is -0.910. The lowest BCUT2D eigenvalue weighted by atomic mass is 10.2. The average Bonchev–Trinajstić information content (AvgIpc) is 3.09. The van der Waals surface area contributed by atoms with Gasteiger partial charge in [0.15, 0.2) is 4.90 Å². The molecule has 2 unspecified atom stereocenters. The van der Waals surface area contributed by atoms with E-state index in [1.807, 2.05) is 24.3 Å². The van der Waals surface area contributed by atoms with E-state index in [0.29, 0.717) is 6.04 Å². The van der Waals surface area contributed by atoms with Crippen LogP contribution >= 0.6 is 0 Å². The van der Waals surface area contributed by atoms with Crippen LogP contribution < -0.4 is 0 Å². The molecule has 1 heterocycles. The van der Waals surface area contributed by atoms with E-state index in [2.05, 4.69) is 11.2 Å². The molecule has 80 valence electrons. The van der Waals surface area contributed by atoms with Gasteiger partial charge in [0.05, 0.1) is 23.9 Å². The molecular formula is C12H15NOS. The Hall–Kier alpha value is -0.510. The minimum Gasteiger partial charge on any atom is -0.593 e. The third-order valence-electron chi connectivity index (χ3n) is 3.21. The summed E-state index contributed by atoms with van der Waals surface area (Å²) in [6.45, 7) is 3.09. The van der Waals surface area contributed by atoms with Gasteiger partial charge in [-0.25, -0.2) is 0 Å². The van der Waals surface area contributed by atoms with Gasteiger partial charge in [0.25, 0.3) is 0 Å². The molecule has 0 amide bonds. The number of nitrogens with zero attached hydrogens (tertiary/aromatic N) is 1. The summed E-state index contributed by atoms with van der Waals surface area (Å²) in [5, 5.41) is 0. The Morgan fingerprint density at radius 1 is 1.27 bits per heavy atom. The summed E-state index contributed by atoms with van der Waals surface area (Å²) in [4.78, 5) is 0.948. The molecule has 3 atom stereocenters. The molecule has 1 aromatic carbocycles. The molecule has 2 nitrogen and oxygen atoms in total. The molecule has 1 aliphatic heterocycles. The van der Waals surface area contributed by atoms with Crippen molar-refractivity contribution in [3.05, 3.63) is 29.8 Å². The van der Waals surface area contributed by atoms with E-state index in [4.69, 9.17) is 0 Å². The number of benzene rings is 1. The predicted molar refractivity (Wildman–Crippen MR) is 60.8 cm³/mol. The van der Waals surface area contributed by atoms with Crippen molar-refractivity contribution in [1.82, 2.24) is 4.31 Å². The maximum Gasteiger partial charge on any atom is 0.174 e. The first-order valence-corrected chi connectivity index (χ1v) is 6.61. The molecule has 3 heteroatoms. The zero-order valence-corrected chi connectivity index (χ0v) is 9.67. The molecule has 0 aromatic heterocycles. The highest BCUT2D eigenvalue weighted by Gasteiger charge is 2.53. The van der Waals surface area contributed by atoms with E-state index < -0.39 is 11.4 Å². The topological polar surface area (TPSA) is 26.1 Å². The SMILES string of the molecule is Cc1ccc([S+]([O-])N2C[C@H]2C2CC2)cc1. The molecule has 1 aliphatic carbocycles. The second-order valence-electron chi connectivity index (χ2n) is 4.57. The highest BCUT2D eigenvalue weighted by atomic mass is 32.2. The van der Waals surface area contributed by atoms with Gasteiger partial charge in [0, 0.05) is 0 Å². The second-order valence-corrected chi connectivity index (χ2v) is 6.01. The molecule has 2 aliphatic rings. The Balaban J connectivity index is 1.69. The van der Waals surface area contributed by atoms with Crippen LogP contribution in [0, 0.1) is 12.8 Å². The van der Waals surface area contributed by atoms with Gasteiger partial charge in [-0.3, -0.25) is 0 Å². The van der Waals surface area contributed by atoms with Crippen molar-refractivity contribution in [2.75, 3.05) is 6.54 Å². The Morgan fingerprint density at radius 3 is 2.53 bits per heavy atom. The molecule has 2 fully saturated rings. The molecule has 1 aromatic rings. The van der Waals surface area contributed by atoms with Gasteiger partial charge in [-0.1, -0.05) is 17.7 Å². The molecule has 0 radical (unpaired) electrons. The lowest BCUT2D eigenvalue weighted by Gasteiger charge is -2.10. The summed E-state index contributed by atoms with van der Waals surface area (Å²) < 4.78 is 14.2. The van der Waals surface area contributed by atoms with Crippen LogP contribution in [0.25, 0.3) is 0 Å². The van der Waals surface area contributed by atoms with Crippen molar-refractivity contribution >= 4 is 11.4 Å². The fourth-order valence-electron chi connectivity index (χ4n) is 1.98. The summed E-state index contributed by atoms with van der Waals surface area (Å²) in [6, 6.07) is 8.64. The highest BCUT2D eigenvalue weighted by Crippen LogP contribution is 2.44. The Bertz CT molecular complexity index is 360. The smallest absolute Gasteiger partial charge is 0.174 e. The first-order chi connectivity index (χ1) is 7.25. The van der Waals surface area contributed by atoms with Crippen LogP contribution in [-0.4, -0.2) is 21.4 Å². The molecule has 1 saturated heterocycles. The van der Waals surface area contributed by atoms with E-state index in [9.17, 15) is 4.55 Å². The van der Waals surface area contributed by atoms with Crippen molar-refractivity contribution in [2.24, 2.45) is 5.92 Å². The van der Waals surface area contributed by atoms with Gasteiger partial charge in [-0.05, 0) is 37.8 Å². The minimum atomic E-state index is -0.910. The van der Waals surface area contributed by atoms with E-state index in [1.165, 1.54) is 18.4 Å². The number of aryl methyl sites for hydroxylation is 1. The second kappa shape index (κ2) is 3.51. The van der Waals surface area contributed by atoms with Crippen LogP contribution in [0.5, 0.6) is 0 Å². The minimum absolute atomic E-state index is 0.618. The van der Waals surface area contributed by atoms with Crippen molar-refractivity contribution in [1.29, 1.82) is 0 Å². The molecule has 3 rings (SSSR count). The summed E-state index contributed by atoms with van der Waals surface area (Å²) in [6.07, 6.45) is 2.68. The van der Waals surface area contributed by atoms with Crippen LogP contribution in [0.2, 0.25) is 0 Å². The van der Waals surface area contributed by atoms with Gasteiger partial charge in [0.1, 0.15) is 0 Å². The molecule has 0 spiro atoms. The van der Waals surface area contributed by atoms with Crippen molar-refractivity contribution < 1.29 is 4.55 Å². The van der Waals surface area contributed by atoms with Crippen LogP contribution in [0.3, 0.4) is 0 Å². The third-order valence-corrected chi connectivity index (χ3v) is 4.73. The quantitative estimate of drug-likeness (QED) is 0.577. The van der Waals surface area contributed by atoms with Crippen LogP contribution in [0.1, 0.15) is 18.4 Å². The van der Waals surface area contributed by atoms with Crippen LogP contribution in [0.15, 0.2) is 29.2 Å². The lowest BCUT2D eigenvalue weighted by Crippen LogP contribution is -2.15. The third kappa shape index (κ3) is 1.92. The fourth-order valence-corrected chi connectivity index (χ4v) is 3.33. The summed E-state index contributed by atoms with van der Waals surface area (Å²) in [7, 11) is 0. The van der Waals surface area contributed by atoms with Crippen LogP contribution in [0.4, 0.5) is 0 Å². The molecule has 0 bridgehead atoms. The van der Waals surface area contributed by atoms with Crippen molar-refractivity contribution in [3.8, 4) is 0 Å². The average molecular weight is 221 g/mol. The van der Waals surface area contributed by atoms with Gasteiger partial charge >= 0.3 is 0 Å². The van der Waals surface area contributed by atoms with Crippen LogP contribution in [-0.2, 0) is 11.4 Å². The normalized spacial score (nSPS) is 31.3. The van der Waals surface area contributed by atoms with Crippen molar-refractivity contribution in [2.45, 2.75) is 30.7 Å². The molecule has 15 heavy (non-hydrogen) atoms. The molecular weight excluding hydrogens is 206 g/mol. The fraction of sp³-hybridized carbons (Fsp3) is 0.500. The number of hydrogen-bond donors (Lipinski definition) is 0. The van der Waals surface area contributed by atoms with Gasteiger partial charge in [-0.15, -0.1) is 4.31 Å². The highest BCUT2D eigenvalue weighted by molar-refractivity contribution is 7.89. The zero-order valence-electron chi connectivity index (χ0n) is 8.85. The van der Waals surface area contributed by atoms with Crippen molar-refractivity contribution in [3.63, 3.8) is 0 Å². The maximum absolute atomic E-state index is 12.1. The number of rotatable bonds is 3. The van der Waals surface area contributed by atoms with Gasteiger partial charge < -0.3 is 4.55 Å². The van der Waals surface area contributed by atoms with Gasteiger partial charge in [0.2, 0.25) is 0 Å². The zero-order chi connectivity index (χ0) is 10.4. The summed E-state index contributed by atoms with van der Waals surface area (Å²) in [5.41, 5.74) is 1.22. The van der Waals surface area contributed by atoms with E-state index in [0.717, 1.165) is 17.4 Å². The lowest BCUT2D eigenvalue weighted by molar-refractivity contribution is 0.543. The van der Waals surface area contributed by atoms with Gasteiger partial charge in [-0.2, -0.15) is 0 Å². The maximum atomic E-state index is 12.1. The first kappa shape index (κ1) is 9.70. The molecule has 1 saturated carbocycles. The predicted octanol–water partition coefficient (Wildman–Crippen LogP) is 2.11. The standard InChI is InChI=1S/C12H15NOS/c1-9-2-6-11(7-3-9)15(14)13-8-12(13)10-4-5-10/h2-3,6-7,10,12H,4-5,8H2,1H3/t12-,13?,15?/m0/s1. The van der Waals surface area contributed by atoms with E-state index in [1.54, 1.807) is 0 Å². The first-order valence-electron chi connectivity index (χ1n) is 5.51. The largest absolute Gasteiger partial charge is 0.593 e. The van der Waals surface area contributed by atoms with E-state index in [-0.39, 0.29) is 0 Å². The number of hydrogen-bond acceptors (Lipinski definition) is 2.